The summed E-state index contributed by atoms with van der Waals surface area (Å²) in [5.41, 5.74) is 4.78. The molecule has 3 heterocycles. The molecule has 6 rings (SSSR count). The average molecular weight is 759 g/mol. The van der Waals surface area contributed by atoms with Crippen molar-refractivity contribution in [3.05, 3.63) is 76.4 Å². The monoisotopic (exact) mass is 757 g/mol. The quantitative estimate of drug-likeness (QED) is 0.0667. The molecule has 1 aliphatic carbocycles. The molecule has 5 atom stereocenters. The molecule has 2 unspecified atom stereocenters. The zero-order chi connectivity index (χ0) is 36.2. The lowest BCUT2D eigenvalue weighted by atomic mass is 9.98. The maximum Gasteiger partial charge on any atom is 0.407 e. The van der Waals surface area contributed by atoms with E-state index in [4.69, 9.17) is 46.9 Å². The first-order valence-corrected chi connectivity index (χ1v) is 17.8. The number of hydrogen-bond donors (Lipinski definition) is 1. The van der Waals surface area contributed by atoms with Crippen molar-refractivity contribution < 1.29 is 42.9 Å². The summed E-state index contributed by atoms with van der Waals surface area (Å²) in [5.74, 6) is -1.43. The number of nitrogens with one attached hydrogen (secondary N) is 1. The molecule has 0 saturated carbocycles. The predicted octanol–water partition coefficient (Wildman–Crippen LogP) is 5.10. The van der Waals surface area contributed by atoms with Gasteiger partial charge in [0.1, 0.15) is 24.3 Å². The SMILES string of the molecule is COC(=O)C(CCSC[C@H]1O[C@@H](n2cnc3c(Cl)nc(Cl)nc32)C(OC(C)=O)[C@@H]1OC(C)=O)NC(=O)OCC1c2ccccc2-c2ccccc21. The van der Waals surface area contributed by atoms with E-state index in [0.717, 1.165) is 22.3 Å². The predicted molar refractivity (Wildman–Crippen MR) is 186 cm³/mol. The highest BCUT2D eigenvalue weighted by Crippen LogP contribution is 2.44. The molecule has 1 fully saturated rings. The molecule has 1 saturated heterocycles. The molecule has 0 bridgehead atoms. The summed E-state index contributed by atoms with van der Waals surface area (Å²) in [6.07, 6.45) is -3.07. The first-order valence-electron chi connectivity index (χ1n) is 15.9. The number of esters is 3. The normalized spacial score (nSPS) is 19.9. The second-order valence-corrected chi connectivity index (χ2v) is 13.6. The Labute approximate surface area is 306 Å². The molecular formula is C34H33Cl2N5O9S. The van der Waals surface area contributed by atoms with Crippen molar-refractivity contribution in [2.75, 3.05) is 25.2 Å². The summed E-state index contributed by atoms with van der Waals surface area (Å²) < 4.78 is 29.6. The fourth-order valence-electron chi connectivity index (χ4n) is 6.33. The van der Waals surface area contributed by atoms with Crippen LogP contribution in [0.25, 0.3) is 22.3 Å². The summed E-state index contributed by atoms with van der Waals surface area (Å²) in [6, 6.07) is 15.0. The number of nitrogens with zero attached hydrogens (tertiary/aromatic N) is 4. The number of carbonyl (C=O) groups excluding carboxylic acids is 4. The topological polar surface area (TPSA) is 170 Å². The van der Waals surface area contributed by atoms with Crippen LogP contribution in [-0.4, -0.2) is 93.1 Å². The van der Waals surface area contributed by atoms with Gasteiger partial charge in [-0.25, -0.2) is 19.6 Å². The number of halogens is 2. The van der Waals surface area contributed by atoms with Gasteiger partial charge in [-0.1, -0.05) is 60.1 Å². The lowest BCUT2D eigenvalue weighted by Crippen LogP contribution is -2.42. The number of hydrogen-bond acceptors (Lipinski definition) is 13. The summed E-state index contributed by atoms with van der Waals surface area (Å²) in [7, 11) is 1.23. The molecule has 0 radical (unpaired) electrons. The van der Waals surface area contributed by atoms with Crippen molar-refractivity contribution in [1.82, 2.24) is 24.8 Å². The molecule has 2 aromatic carbocycles. The van der Waals surface area contributed by atoms with Crippen molar-refractivity contribution in [2.24, 2.45) is 0 Å². The van der Waals surface area contributed by atoms with Crippen LogP contribution in [0.4, 0.5) is 4.79 Å². The van der Waals surface area contributed by atoms with Crippen LogP contribution in [-0.2, 0) is 38.1 Å². The largest absolute Gasteiger partial charge is 0.467 e. The molecule has 1 N–H and O–H groups in total. The van der Waals surface area contributed by atoms with Gasteiger partial charge in [-0.05, 0) is 46.0 Å². The minimum Gasteiger partial charge on any atom is -0.467 e. The van der Waals surface area contributed by atoms with Gasteiger partial charge in [0.25, 0.3) is 0 Å². The fourth-order valence-corrected chi connectivity index (χ4v) is 7.83. The zero-order valence-electron chi connectivity index (χ0n) is 27.6. The highest BCUT2D eigenvalue weighted by Gasteiger charge is 2.50. The molecule has 268 valence electrons. The third-order valence-corrected chi connectivity index (χ3v) is 9.99. The standard InChI is InChI=1S/C34H33Cl2N5O9S/c1-17(42)48-27-25(50-31(28(27)49-18(2)43)41-16-37-26-29(35)39-33(36)40-30(26)41)15-51-13-12-24(32(44)46-3)38-34(45)47-14-23-21-10-6-4-8-19(21)20-9-5-7-11-22(20)23/h4-11,16,23-25,27-28,31H,12-15H2,1-3H3,(H,38,45)/t24?,25-,27-,28?,31-/m1/s1. The Balaban J connectivity index is 1.09. The number of thioether (sulfide) groups is 1. The second kappa shape index (κ2) is 15.8. The Morgan fingerprint density at radius 3 is 2.25 bits per heavy atom. The van der Waals surface area contributed by atoms with Crippen LogP contribution in [0.3, 0.4) is 0 Å². The number of rotatable bonds is 12. The molecular weight excluding hydrogens is 725 g/mol. The van der Waals surface area contributed by atoms with Crippen molar-refractivity contribution in [2.45, 2.75) is 56.8 Å². The van der Waals surface area contributed by atoms with E-state index < -0.39 is 54.6 Å². The highest BCUT2D eigenvalue weighted by atomic mass is 35.5. The van der Waals surface area contributed by atoms with E-state index in [1.54, 1.807) is 0 Å². The van der Waals surface area contributed by atoms with Gasteiger partial charge in [0.15, 0.2) is 29.2 Å². The summed E-state index contributed by atoms with van der Waals surface area (Å²) in [6.45, 7) is 2.54. The number of alkyl carbamates (subject to hydrolysis) is 1. The number of aromatic nitrogens is 4. The minimum atomic E-state index is -1.08. The van der Waals surface area contributed by atoms with E-state index in [2.05, 4.69) is 20.3 Å². The second-order valence-electron chi connectivity index (χ2n) is 11.7. The molecule has 17 heteroatoms. The molecule has 2 aliphatic rings. The van der Waals surface area contributed by atoms with Crippen LogP contribution < -0.4 is 5.32 Å². The maximum atomic E-state index is 13.0. The lowest BCUT2D eigenvalue weighted by Gasteiger charge is -2.24. The Bertz CT molecular complexity index is 1920. The molecule has 51 heavy (non-hydrogen) atoms. The molecule has 4 aromatic rings. The van der Waals surface area contributed by atoms with Crippen molar-refractivity contribution in [3.63, 3.8) is 0 Å². The van der Waals surface area contributed by atoms with Crippen LogP contribution >= 0.6 is 35.0 Å². The smallest absolute Gasteiger partial charge is 0.407 e. The van der Waals surface area contributed by atoms with Crippen LogP contribution in [0.1, 0.15) is 43.5 Å². The Morgan fingerprint density at radius 1 is 0.961 bits per heavy atom. The maximum absolute atomic E-state index is 13.0. The molecule has 14 nitrogen and oxygen atoms in total. The van der Waals surface area contributed by atoms with E-state index >= 15 is 0 Å². The van der Waals surface area contributed by atoms with Crippen molar-refractivity contribution in [1.29, 1.82) is 0 Å². The van der Waals surface area contributed by atoms with Gasteiger partial charge in [0, 0.05) is 25.5 Å². The summed E-state index contributed by atoms with van der Waals surface area (Å²) >= 11 is 13.6. The molecule has 2 aromatic heterocycles. The Morgan fingerprint density at radius 2 is 1.61 bits per heavy atom. The van der Waals surface area contributed by atoms with Gasteiger partial charge in [-0.3, -0.25) is 14.2 Å². The Hall–Kier alpha value is -4.44. The van der Waals surface area contributed by atoms with Crippen LogP contribution in [0.5, 0.6) is 0 Å². The number of fused-ring (bicyclic) bond motifs is 4. The van der Waals surface area contributed by atoms with Gasteiger partial charge in [0.2, 0.25) is 5.28 Å². The lowest BCUT2D eigenvalue weighted by molar-refractivity contribution is -0.165. The summed E-state index contributed by atoms with van der Waals surface area (Å²) in [4.78, 5) is 62.3. The van der Waals surface area contributed by atoms with E-state index in [-0.39, 0.29) is 46.3 Å². The fraction of sp³-hybridized carbons (Fsp3) is 0.382. The number of ether oxygens (including phenoxy) is 5. The van der Waals surface area contributed by atoms with Gasteiger partial charge in [0.05, 0.1) is 13.4 Å². The van der Waals surface area contributed by atoms with Crippen LogP contribution in [0, 0.1) is 0 Å². The van der Waals surface area contributed by atoms with E-state index in [0.29, 0.717) is 5.75 Å². The highest BCUT2D eigenvalue weighted by molar-refractivity contribution is 7.99. The number of methoxy groups -OCH3 is 1. The third kappa shape index (κ3) is 7.91. The third-order valence-electron chi connectivity index (χ3n) is 8.47. The average Bonchev–Trinajstić information content (AvgIpc) is 3.76. The van der Waals surface area contributed by atoms with E-state index in [1.165, 1.54) is 43.6 Å². The first kappa shape index (κ1) is 36.4. The molecule has 1 amide bonds. The summed E-state index contributed by atoms with van der Waals surface area (Å²) in [5, 5.41) is 2.51. The van der Waals surface area contributed by atoms with Gasteiger partial charge in [-0.2, -0.15) is 16.7 Å². The van der Waals surface area contributed by atoms with E-state index in [9.17, 15) is 19.2 Å². The minimum absolute atomic E-state index is 0.0151. The number of carbonyl (C=O) groups is 4. The zero-order valence-corrected chi connectivity index (χ0v) is 29.9. The molecule has 0 spiro atoms. The van der Waals surface area contributed by atoms with Crippen molar-refractivity contribution >= 4 is 70.1 Å². The van der Waals surface area contributed by atoms with Gasteiger partial charge >= 0.3 is 24.0 Å². The first-order chi connectivity index (χ1) is 24.5. The van der Waals surface area contributed by atoms with Crippen LogP contribution in [0.2, 0.25) is 10.4 Å². The molecule has 1 aliphatic heterocycles. The van der Waals surface area contributed by atoms with Crippen molar-refractivity contribution in [3.8, 4) is 11.1 Å². The number of amides is 1. The number of benzene rings is 2. The van der Waals surface area contributed by atoms with Gasteiger partial charge in [-0.15, -0.1) is 0 Å². The van der Waals surface area contributed by atoms with Crippen LogP contribution in [0.15, 0.2) is 54.9 Å². The number of imidazole rings is 1. The van der Waals surface area contributed by atoms with Gasteiger partial charge < -0.3 is 29.0 Å². The Kier molecular flexibility index (Phi) is 11.3. The van der Waals surface area contributed by atoms with E-state index in [1.807, 2.05) is 48.5 Å².